The lowest BCUT2D eigenvalue weighted by Crippen LogP contribution is -1.93. The fraction of sp³-hybridized carbons (Fsp3) is 0.0625. The van der Waals surface area contributed by atoms with Crippen molar-refractivity contribution in [3.05, 3.63) is 115 Å². The summed E-state index contributed by atoms with van der Waals surface area (Å²) in [5.74, 6) is 0.892. The third-order valence-electron chi connectivity index (χ3n) is 6.63. The van der Waals surface area contributed by atoms with Crippen LogP contribution in [0.2, 0.25) is 0 Å². The molecule has 6 aromatic carbocycles. The molecule has 0 saturated carbocycles. The number of methoxy groups -OCH3 is 1. The van der Waals surface area contributed by atoms with Crippen molar-refractivity contribution < 1.29 is 4.74 Å². The molecule has 0 heterocycles. The molecule has 0 amide bonds. The average Bonchev–Trinajstić information content (AvgIpc) is 2.86. The van der Waals surface area contributed by atoms with Crippen molar-refractivity contribution >= 4 is 32.3 Å². The van der Waals surface area contributed by atoms with Crippen LogP contribution >= 0.6 is 0 Å². The van der Waals surface area contributed by atoms with Crippen molar-refractivity contribution in [2.45, 2.75) is 6.92 Å². The Morgan fingerprint density at radius 2 is 0.788 bits per heavy atom. The molecule has 0 fully saturated rings. The first-order valence-corrected chi connectivity index (χ1v) is 11.3. The van der Waals surface area contributed by atoms with Gasteiger partial charge in [-0.3, -0.25) is 0 Å². The van der Waals surface area contributed by atoms with Crippen LogP contribution in [0.3, 0.4) is 0 Å². The molecule has 158 valence electrons. The third-order valence-corrected chi connectivity index (χ3v) is 6.63. The van der Waals surface area contributed by atoms with Gasteiger partial charge in [-0.15, -0.1) is 0 Å². The monoisotopic (exact) mass is 424 g/mol. The topological polar surface area (TPSA) is 9.23 Å². The van der Waals surface area contributed by atoms with Gasteiger partial charge < -0.3 is 4.74 Å². The van der Waals surface area contributed by atoms with Crippen LogP contribution in [0.5, 0.6) is 5.75 Å². The fourth-order valence-electron chi connectivity index (χ4n) is 4.93. The summed E-state index contributed by atoms with van der Waals surface area (Å²) in [5, 5.41) is 7.38. The number of rotatable bonds is 3. The maximum Gasteiger partial charge on any atom is 0.127 e. The maximum atomic E-state index is 5.91. The minimum Gasteiger partial charge on any atom is -0.496 e. The van der Waals surface area contributed by atoms with Gasteiger partial charge in [0.15, 0.2) is 0 Å². The quantitative estimate of drug-likeness (QED) is 0.276. The summed E-state index contributed by atoms with van der Waals surface area (Å²) >= 11 is 0. The van der Waals surface area contributed by atoms with E-state index in [1.807, 2.05) is 0 Å². The van der Waals surface area contributed by atoms with E-state index in [0.717, 1.165) is 11.3 Å². The predicted octanol–water partition coefficient (Wildman–Crippen LogP) is 8.80. The molecule has 0 unspecified atom stereocenters. The van der Waals surface area contributed by atoms with Gasteiger partial charge in [-0.05, 0) is 91.8 Å². The Bertz CT molecular complexity index is 1660. The molecule has 0 atom stereocenters. The van der Waals surface area contributed by atoms with Crippen LogP contribution in [-0.4, -0.2) is 7.11 Å². The van der Waals surface area contributed by atoms with E-state index in [1.165, 1.54) is 54.6 Å². The summed E-state index contributed by atoms with van der Waals surface area (Å²) in [6.45, 7) is 2.21. The Morgan fingerprint density at radius 1 is 0.424 bits per heavy atom. The summed E-state index contributed by atoms with van der Waals surface area (Å²) < 4.78 is 5.91. The van der Waals surface area contributed by atoms with Crippen molar-refractivity contribution in [3.8, 4) is 28.0 Å². The summed E-state index contributed by atoms with van der Waals surface area (Å²) in [4.78, 5) is 0. The molecule has 33 heavy (non-hydrogen) atoms. The fourth-order valence-corrected chi connectivity index (χ4v) is 4.93. The number of fused-ring (bicyclic) bond motifs is 3. The van der Waals surface area contributed by atoms with Crippen LogP contribution < -0.4 is 4.74 Å². The van der Waals surface area contributed by atoms with Gasteiger partial charge in [0.25, 0.3) is 0 Å². The molecule has 0 N–H and O–H groups in total. The van der Waals surface area contributed by atoms with Gasteiger partial charge in [0.2, 0.25) is 0 Å². The van der Waals surface area contributed by atoms with E-state index >= 15 is 0 Å². The van der Waals surface area contributed by atoms with E-state index in [2.05, 4.69) is 116 Å². The first-order valence-electron chi connectivity index (χ1n) is 11.3. The van der Waals surface area contributed by atoms with Gasteiger partial charge in [-0.2, -0.15) is 0 Å². The highest BCUT2D eigenvalue weighted by Crippen LogP contribution is 2.43. The largest absolute Gasteiger partial charge is 0.496 e. The molecular formula is C32H24O. The number of hydrogen-bond donors (Lipinski definition) is 0. The lowest BCUT2D eigenvalue weighted by Gasteiger charge is -2.18. The highest BCUT2D eigenvalue weighted by Gasteiger charge is 2.16. The molecule has 6 aromatic rings. The molecule has 0 aliphatic rings. The molecule has 0 spiro atoms. The minimum atomic E-state index is 0.892. The van der Waals surface area contributed by atoms with Crippen molar-refractivity contribution in [2.24, 2.45) is 0 Å². The summed E-state index contributed by atoms with van der Waals surface area (Å²) in [5.41, 5.74) is 6.05. The zero-order valence-corrected chi connectivity index (χ0v) is 18.8. The number of ether oxygens (including phenoxy) is 1. The molecular weight excluding hydrogens is 400 g/mol. The van der Waals surface area contributed by atoms with Crippen LogP contribution in [-0.2, 0) is 0 Å². The Balaban J connectivity index is 1.71. The van der Waals surface area contributed by atoms with Gasteiger partial charge >= 0.3 is 0 Å². The van der Waals surface area contributed by atoms with E-state index in [4.69, 9.17) is 4.74 Å². The Morgan fingerprint density at radius 3 is 1.27 bits per heavy atom. The summed E-state index contributed by atoms with van der Waals surface area (Å²) in [7, 11) is 1.76. The maximum absolute atomic E-state index is 5.91. The minimum absolute atomic E-state index is 0.892. The van der Waals surface area contributed by atoms with Crippen LogP contribution in [0.4, 0.5) is 0 Å². The second-order valence-corrected chi connectivity index (χ2v) is 8.66. The van der Waals surface area contributed by atoms with E-state index in [1.54, 1.807) is 7.11 Å². The Labute approximate surface area is 193 Å². The smallest absolute Gasteiger partial charge is 0.127 e. The molecule has 1 heteroatoms. The third kappa shape index (κ3) is 3.34. The predicted molar refractivity (Wildman–Crippen MR) is 141 cm³/mol. The number of benzene rings is 6. The number of hydrogen-bond acceptors (Lipinski definition) is 1. The van der Waals surface area contributed by atoms with E-state index < -0.39 is 0 Å². The molecule has 1 nitrogen and oxygen atoms in total. The lowest BCUT2D eigenvalue weighted by molar-refractivity contribution is 0.417. The van der Waals surface area contributed by atoms with Crippen LogP contribution in [0, 0.1) is 6.92 Å². The first-order chi connectivity index (χ1) is 16.2. The van der Waals surface area contributed by atoms with Gasteiger partial charge in [0.05, 0.1) is 7.11 Å². The van der Waals surface area contributed by atoms with Gasteiger partial charge in [-0.25, -0.2) is 0 Å². The van der Waals surface area contributed by atoms with E-state index in [9.17, 15) is 0 Å². The van der Waals surface area contributed by atoms with E-state index in [0.29, 0.717) is 0 Å². The van der Waals surface area contributed by atoms with Gasteiger partial charge in [0, 0.05) is 5.56 Å². The standard InChI is InChI=1S/C32H24O/c1-21-15-22-9-3-4-10-23(22)16-28(21)29-17-24-11-5-6-12-25(24)18-30(29)31-19-26-13-7-8-14-27(26)20-32(31)33-2/h3-20H,1-2H3. The highest BCUT2D eigenvalue weighted by molar-refractivity contribution is 6.02. The molecule has 0 bridgehead atoms. The van der Waals surface area contributed by atoms with Gasteiger partial charge in [0.1, 0.15) is 5.75 Å². The molecule has 0 radical (unpaired) electrons. The van der Waals surface area contributed by atoms with Crippen molar-refractivity contribution in [1.29, 1.82) is 0 Å². The van der Waals surface area contributed by atoms with Crippen molar-refractivity contribution in [1.82, 2.24) is 0 Å². The first kappa shape index (κ1) is 19.6. The molecule has 0 aromatic heterocycles. The number of aryl methyl sites for hydroxylation is 1. The van der Waals surface area contributed by atoms with Crippen LogP contribution in [0.15, 0.2) is 109 Å². The molecule has 6 rings (SSSR count). The lowest BCUT2D eigenvalue weighted by atomic mass is 9.87. The van der Waals surface area contributed by atoms with Crippen LogP contribution in [0.1, 0.15) is 5.56 Å². The van der Waals surface area contributed by atoms with Gasteiger partial charge in [-0.1, -0.05) is 78.9 Å². The Kier molecular flexibility index (Phi) is 4.62. The van der Waals surface area contributed by atoms with E-state index in [-0.39, 0.29) is 0 Å². The summed E-state index contributed by atoms with van der Waals surface area (Å²) in [6.07, 6.45) is 0. The van der Waals surface area contributed by atoms with Crippen molar-refractivity contribution in [2.75, 3.05) is 7.11 Å². The molecule has 0 aliphatic heterocycles. The average molecular weight is 425 g/mol. The van der Waals surface area contributed by atoms with Crippen LogP contribution in [0.25, 0.3) is 54.6 Å². The second-order valence-electron chi connectivity index (χ2n) is 8.66. The van der Waals surface area contributed by atoms with Crippen molar-refractivity contribution in [3.63, 3.8) is 0 Å². The highest BCUT2D eigenvalue weighted by atomic mass is 16.5. The Hall–Kier alpha value is -4.10. The normalized spacial score (nSPS) is 11.3. The summed E-state index contributed by atoms with van der Waals surface area (Å²) in [6, 6.07) is 39.3. The molecule has 0 aliphatic carbocycles. The second kappa shape index (κ2) is 7.79. The molecule has 0 saturated heterocycles. The zero-order valence-electron chi connectivity index (χ0n) is 18.8. The zero-order chi connectivity index (χ0) is 22.4. The SMILES string of the molecule is COc1cc2ccccc2cc1-c1cc2ccccc2cc1-c1cc2ccccc2cc1C.